The lowest BCUT2D eigenvalue weighted by molar-refractivity contribution is -0.131. The molecule has 0 radical (unpaired) electrons. The Morgan fingerprint density at radius 2 is 1.83 bits per heavy atom. The van der Waals surface area contributed by atoms with Crippen molar-refractivity contribution in [1.29, 1.82) is 0 Å². The van der Waals surface area contributed by atoms with Crippen LogP contribution in [0.15, 0.2) is 48.5 Å². The van der Waals surface area contributed by atoms with Gasteiger partial charge in [-0.3, -0.25) is 14.5 Å². The molecule has 2 aromatic carbocycles. The first-order chi connectivity index (χ1) is 14.0. The van der Waals surface area contributed by atoms with E-state index in [1.807, 2.05) is 36.4 Å². The maximum atomic E-state index is 13.4. The first-order valence-corrected chi connectivity index (χ1v) is 10.4. The van der Waals surface area contributed by atoms with Crippen LogP contribution < -0.4 is 5.32 Å². The summed E-state index contributed by atoms with van der Waals surface area (Å²) in [6.07, 6.45) is 5.28. The fourth-order valence-electron chi connectivity index (χ4n) is 4.50. The van der Waals surface area contributed by atoms with E-state index in [0.717, 1.165) is 48.1 Å². The molecule has 29 heavy (non-hydrogen) atoms. The van der Waals surface area contributed by atoms with E-state index in [-0.39, 0.29) is 18.2 Å². The lowest BCUT2D eigenvalue weighted by atomic mass is 9.84. The quantitative estimate of drug-likeness (QED) is 0.620. The van der Waals surface area contributed by atoms with Crippen LogP contribution in [0.25, 0.3) is 0 Å². The molecule has 150 valence electrons. The molecule has 1 heterocycles. The average Bonchev–Trinajstić information content (AvgIpc) is 2.87. The summed E-state index contributed by atoms with van der Waals surface area (Å²) in [5.74, 6) is -0.539. The zero-order valence-corrected chi connectivity index (χ0v) is 16.7. The number of nitrogens with zero attached hydrogens (tertiary/aromatic N) is 1. The summed E-state index contributed by atoms with van der Waals surface area (Å²) in [6.45, 7) is 1.87. The summed E-state index contributed by atoms with van der Waals surface area (Å²) in [5, 5.41) is 2.93. The molecule has 5 nitrogen and oxygen atoms in total. The molecule has 5 heteroatoms. The highest BCUT2D eigenvalue weighted by Crippen LogP contribution is 2.39. The number of rotatable bonds is 5. The lowest BCUT2D eigenvalue weighted by Gasteiger charge is -2.27. The Labute approximate surface area is 171 Å². The summed E-state index contributed by atoms with van der Waals surface area (Å²) in [6, 6.07) is 14.8. The van der Waals surface area contributed by atoms with Gasteiger partial charge in [-0.15, -0.1) is 0 Å². The minimum Gasteiger partial charge on any atom is -0.319 e. The molecule has 0 bridgehead atoms. The molecular weight excluding hydrogens is 364 g/mol. The third-order valence-electron chi connectivity index (χ3n) is 6.02. The molecule has 0 unspecified atom stereocenters. The zero-order valence-electron chi connectivity index (χ0n) is 16.7. The number of urea groups is 1. The Morgan fingerprint density at radius 3 is 2.59 bits per heavy atom. The van der Waals surface area contributed by atoms with E-state index in [0.29, 0.717) is 12.0 Å². The average molecular weight is 390 g/mol. The molecule has 0 saturated carbocycles. The van der Waals surface area contributed by atoms with Crippen LogP contribution in [0, 0.1) is 0 Å². The topological polar surface area (TPSA) is 66.5 Å². The van der Waals surface area contributed by atoms with E-state index in [4.69, 9.17) is 0 Å². The highest BCUT2D eigenvalue weighted by atomic mass is 16.2. The number of carbonyl (C=O) groups is 3. The van der Waals surface area contributed by atoms with Gasteiger partial charge in [0.05, 0.1) is 6.54 Å². The number of ketones is 1. The predicted molar refractivity (Wildman–Crippen MR) is 111 cm³/mol. The van der Waals surface area contributed by atoms with E-state index in [2.05, 4.69) is 12.2 Å². The van der Waals surface area contributed by atoms with Crippen molar-refractivity contribution in [3.63, 3.8) is 0 Å². The molecule has 1 N–H and O–H groups in total. The SMILES string of the molecule is CCCc1ccc(C(=O)CN2C(=O)N[C@@]3(CCCCc4ccccc43)C2=O)cc1. The summed E-state index contributed by atoms with van der Waals surface area (Å²) in [4.78, 5) is 40.0. The number of imide groups is 1. The number of hydrogen-bond donors (Lipinski definition) is 1. The van der Waals surface area contributed by atoms with Crippen LogP contribution in [0.2, 0.25) is 0 Å². The Balaban J connectivity index is 1.58. The number of benzene rings is 2. The second kappa shape index (κ2) is 7.82. The summed E-state index contributed by atoms with van der Waals surface area (Å²) in [7, 11) is 0. The van der Waals surface area contributed by atoms with Crippen LogP contribution >= 0.6 is 0 Å². The molecule has 1 spiro atoms. The first kappa shape index (κ1) is 19.4. The van der Waals surface area contributed by atoms with Gasteiger partial charge in [0.1, 0.15) is 5.54 Å². The molecule has 1 saturated heterocycles. The second-order valence-corrected chi connectivity index (χ2v) is 7.96. The standard InChI is InChI=1S/C24H26N2O3/c1-2-7-17-11-13-19(14-12-17)21(27)16-26-22(28)24(25-23(26)29)15-6-5-9-18-8-3-4-10-20(18)24/h3-4,8,10-14H,2,5-7,9,15-16H2,1H3,(H,25,29)/t24-/m1/s1. The van der Waals surface area contributed by atoms with Crippen molar-refractivity contribution in [2.75, 3.05) is 6.54 Å². The van der Waals surface area contributed by atoms with Crippen LogP contribution in [0.4, 0.5) is 4.79 Å². The maximum Gasteiger partial charge on any atom is 0.325 e. The third-order valence-corrected chi connectivity index (χ3v) is 6.02. The molecule has 1 aliphatic heterocycles. The van der Waals surface area contributed by atoms with Gasteiger partial charge in [-0.25, -0.2) is 4.79 Å². The van der Waals surface area contributed by atoms with Gasteiger partial charge >= 0.3 is 6.03 Å². The minimum atomic E-state index is -1.05. The van der Waals surface area contributed by atoms with Crippen molar-refractivity contribution in [1.82, 2.24) is 10.2 Å². The van der Waals surface area contributed by atoms with Gasteiger partial charge in [-0.1, -0.05) is 61.9 Å². The van der Waals surface area contributed by atoms with Gasteiger partial charge in [-0.05, 0) is 48.8 Å². The third kappa shape index (κ3) is 3.46. The molecule has 1 atom stereocenters. The van der Waals surface area contributed by atoms with Crippen molar-refractivity contribution < 1.29 is 14.4 Å². The van der Waals surface area contributed by atoms with E-state index >= 15 is 0 Å². The first-order valence-electron chi connectivity index (χ1n) is 10.4. The smallest absolute Gasteiger partial charge is 0.319 e. The zero-order chi connectivity index (χ0) is 20.4. The van der Waals surface area contributed by atoms with E-state index in [1.54, 1.807) is 12.1 Å². The van der Waals surface area contributed by atoms with E-state index < -0.39 is 11.6 Å². The number of fused-ring (bicyclic) bond motifs is 2. The van der Waals surface area contributed by atoms with Crippen LogP contribution in [-0.2, 0) is 23.2 Å². The maximum absolute atomic E-state index is 13.4. The fourth-order valence-corrected chi connectivity index (χ4v) is 4.50. The number of hydrogen-bond acceptors (Lipinski definition) is 3. The van der Waals surface area contributed by atoms with Gasteiger partial charge in [0.15, 0.2) is 5.78 Å². The number of nitrogens with one attached hydrogen (secondary N) is 1. The van der Waals surface area contributed by atoms with Gasteiger partial charge < -0.3 is 5.32 Å². The van der Waals surface area contributed by atoms with Gasteiger partial charge in [0, 0.05) is 5.56 Å². The predicted octanol–water partition coefficient (Wildman–Crippen LogP) is 4.00. The summed E-state index contributed by atoms with van der Waals surface area (Å²) >= 11 is 0. The molecule has 4 rings (SSSR count). The number of aryl methyl sites for hydroxylation is 2. The molecule has 0 aromatic heterocycles. The van der Waals surface area contributed by atoms with Crippen LogP contribution in [0.3, 0.4) is 0 Å². The van der Waals surface area contributed by atoms with E-state index in [1.165, 1.54) is 5.56 Å². The summed E-state index contributed by atoms with van der Waals surface area (Å²) in [5.41, 5.74) is 2.61. The van der Waals surface area contributed by atoms with Crippen molar-refractivity contribution >= 4 is 17.7 Å². The number of carbonyl (C=O) groups excluding carboxylic acids is 3. The van der Waals surface area contributed by atoms with Crippen molar-refractivity contribution in [2.24, 2.45) is 0 Å². The van der Waals surface area contributed by atoms with E-state index in [9.17, 15) is 14.4 Å². The molecule has 1 fully saturated rings. The van der Waals surface area contributed by atoms with Crippen molar-refractivity contribution in [2.45, 2.75) is 51.0 Å². The Bertz CT molecular complexity index is 951. The fraction of sp³-hybridized carbons (Fsp3) is 0.375. The molecule has 3 amide bonds. The Morgan fingerprint density at radius 1 is 1.07 bits per heavy atom. The molecular formula is C24H26N2O3. The number of amides is 3. The molecule has 2 aromatic rings. The monoisotopic (exact) mass is 390 g/mol. The lowest BCUT2D eigenvalue weighted by Crippen LogP contribution is -2.44. The molecule has 1 aliphatic carbocycles. The summed E-state index contributed by atoms with van der Waals surface area (Å²) < 4.78 is 0. The normalized spacial score (nSPS) is 21.1. The van der Waals surface area contributed by atoms with Crippen molar-refractivity contribution in [3.05, 3.63) is 70.8 Å². The van der Waals surface area contributed by atoms with Crippen LogP contribution in [0.1, 0.15) is 59.7 Å². The van der Waals surface area contributed by atoms with Gasteiger partial charge in [0.2, 0.25) is 0 Å². The second-order valence-electron chi connectivity index (χ2n) is 7.96. The minimum absolute atomic E-state index is 0.226. The Hall–Kier alpha value is -2.95. The highest BCUT2D eigenvalue weighted by molar-refractivity contribution is 6.11. The highest BCUT2D eigenvalue weighted by Gasteiger charge is 2.53. The van der Waals surface area contributed by atoms with Crippen LogP contribution in [-0.4, -0.2) is 29.2 Å². The Kier molecular flexibility index (Phi) is 5.22. The largest absolute Gasteiger partial charge is 0.325 e. The van der Waals surface area contributed by atoms with Crippen molar-refractivity contribution in [3.8, 4) is 0 Å². The van der Waals surface area contributed by atoms with Gasteiger partial charge in [0.25, 0.3) is 5.91 Å². The van der Waals surface area contributed by atoms with Crippen LogP contribution in [0.5, 0.6) is 0 Å². The van der Waals surface area contributed by atoms with Gasteiger partial charge in [-0.2, -0.15) is 0 Å². The number of Topliss-reactive ketones (excluding diaryl/α,β-unsaturated/α-hetero) is 1. The molecule has 2 aliphatic rings.